The molecular formula is C24H29N3O5. The monoisotopic (exact) mass is 439 g/mol. The number of carboxylic acids is 1. The maximum atomic E-state index is 12.4. The van der Waals surface area contributed by atoms with Crippen molar-refractivity contribution in [2.24, 2.45) is 0 Å². The van der Waals surface area contributed by atoms with Crippen LogP contribution in [0.2, 0.25) is 0 Å². The number of carbonyl (C=O) groups excluding carboxylic acids is 2. The van der Waals surface area contributed by atoms with Gasteiger partial charge in [-0.25, -0.2) is 0 Å². The number of fused-ring (bicyclic) bond motifs is 1. The van der Waals surface area contributed by atoms with Crippen LogP contribution in [-0.4, -0.2) is 29.5 Å². The van der Waals surface area contributed by atoms with Gasteiger partial charge in [0.05, 0.1) is 19.1 Å². The molecule has 2 aromatic carbocycles. The Morgan fingerprint density at radius 2 is 1.75 bits per heavy atom. The Hall–Kier alpha value is -3.39. The van der Waals surface area contributed by atoms with E-state index in [4.69, 9.17) is 4.74 Å². The molecule has 2 amide bonds. The summed E-state index contributed by atoms with van der Waals surface area (Å²) < 4.78 is 5.54. The second-order valence-corrected chi connectivity index (χ2v) is 7.77. The zero-order chi connectivity index (χ0) is 22.9. The average Bonchev–Trinajstić information content (AvgIpc) is 3.24. The maximum absolute atomic E-state index is 12.4. The Morgan fingerprint density at radius 1 is 1.03 bits per heavy atom. The SMILES string of the molecule is CCCOc1ccc(C(CC(=O)O)NC(=O)CCC(=O)Nc2ccc3c(c2)CNC3)cc1. The molecule has 3 rings (SSSR count). The molecule has 8 heteroatoms. The van der Waals surface area contributed by atoms with Crippen LogP contribution >= 0.6 is 0 Å². The number of aliphatic carboxylic acids is 1. The van der Waals surface area contributed by atoms with E-state index in [1.165, 1.54) is 5.56 Å². The summed E-state index contributed by atoms with van der Waals surface area (Å²) in [5.74, 6) is -0.977. The summed E-state index contributed by atoms with van der Waals surface area (Å²) in [6, 6.07) is 12.1. The van der Waals surface area contributed by atoms with E-state index in [0.29, 0.717) is 23.6 Å². The van der Waals surface area contributed by atoms with E-state index < -0.39 is 12.0 Å². The molecule has 1 unspecified atom stereocenters. The molecule has 0 aliphatic carbocycles. The van der Waals surface area contributed by atoms with E-state index in [1.54, 1.807) is 24.3 Å². The molecule has 0 aromatic heterocycles. The zero-order valence-electron chi connectivity index (χ0n) is 18.1. The first-order valence-electron chi connectivity index (χ1n) is 10.8. The highest BCUT2D eigenvalue weighted by molar-refractivity contribution is 5.93. The topological polar surface area (TPSA) is 117 Å². The highest BCUT2D eigenvalue weighted by Gasteiger charge is 2.19. The molecule has 170 valence electrons. The third kappa shape index (κ3) is 6.81. The number of hydrogen-bond acceptors (Lipinski definition) is 5. The summed E-state index contributed by atoms with van der Waals surface area (Å²) in [6.07, 6.45) is 0.601. The zero-order valence-corrected chi connectivity index (χ0v) is 18.1. The van der Waals surface area contributed by atoms with Gasteiger partial charge in [-0.15, -0.1) is 0 Å². The molecule has 0 radical (unpaired) electrons. The van der Waals surface area contributed by atoms with Crippen molar-refractivity contribution >= 4 is 23.5 Å². The fourth-order valence-electron chi connectivity index (χ4n) is 3.53. The van der Waals surface area contributed by atoms with Crippen molar-refractivity contribution in [3.63, 3.8) is 0 Å². The number of hydrogen-bond donors (Lipinski definition) is 4. The van der Waals surface area contributed by atoms with Crippen molar-refractivity contribution in [2.75, 3.05) is 11.9 Å². The highest BCUT2D eigenvalue weighted by Crippen LogP contribution is 2.22. The van der Waals surface area contributed by atoms with E-state index in [9.17, 15) is 19.5 Å². The first-order valence-corrected chi connectivity index (χ1v) is 10.8. The number of rotatable bonds is 11. The Bertz CT molecular complexity index is 959. The lowest BCUT2D eigenvalue weighted by Gasteiger charge is -2.18. The fourth-order valence-corrected chi connectivity index (χ4v) is 3.53. The maximum Gasteiger partial charge on any atom is 0.305 e. The van der Waals surface area contributed by atoms with Crippen LogP contribution < -0.4 is 20.7 Å². The minimum atomic E-state index is -1.02. The van der Waals surface area contributed by atoms with E-state index in [0.717, 1.165) is 25.1 Å². The van der Waals surface area contributed by atoms with Gasteiger partial charge < -0.3 is 25.8 Å². The van der Waals surface area contributed by atoms with Crippen LogP contribution in [-0.2, 0) is 27.5 Å². The third-order valence-electron chi connectivity index (χ3n) is 5.17. The second-order valence-electron chi connectivity index (χ2n) is 7.77. The standard InChI is InChI=1S/C24H29N3O5/c1-2-11-32-20-7-4-16(5-8-20)21(13-24(30)31)27-23(29)10-9-22(28)26-19-6-3-17-14-25-15-18(17)12-19/h3-8,12,21,25H,2,9-11,13-15H2,1H3,(H,26,28)(H,27,29)(H,30,31). The van der Waals surface area contributed by atoms with Crippen LogP contribution in [0.5, 0.6) is 5.75 Å². The number of carboxylic acid groups (broad SMARTS) is 1. The summed E-state index contributed by atoms with van der Waals surface area (Å²) in [5, 5.41) is 18.0. The van der Waals surface area contributed by atoms with Gasteiger partial charge in [0.1, 0.15) is 5.75 Å². The molecule has 4 N–H and O–H groups in total. The number of benzene rings is 2. The van der Waals surface area contributed by atoms with Gasteiger partial charge in [-0.05, 0) is 47.4 Å². The quantitative estimate of drug-likeness (QED) is 0.427. The summed E-state index contributed by atoms with van der Waals surface area (Å²) in [5.41, 5.74) is 3.74. The molecular weight excluding hydrogens is 410 g/mol. The van der Waals surface area contributed by atoms with Crippen molar-refractivity contribution < 1.29 is 24.2 Å². The fraction of sp³-hybridized carbons (Fsp3) is 0.375. The number of carbonyl (C=O) groups is 3. The Kier molecular flexibility index (Phi) is 8.21. The van der Waals surface area contributed by atoms with Crippen molar-refractivity contribution in [3.05, 3.63) is 59.2 Å². The van der Waals surface area contributed by atoms with Crippen LogP contribution in [0.25, 0.3) is 0 Å². The van der Waals surface area contributed by atoms with E-state index in [1.807, 2.05) is 25.1 Å². The summed E-state index contributed by atoms with van der Waals surface area (Å²) in [6.45, 7) is 4.21. The van der Waals surface area contributed by atoms with E-state index >= 15 is 0 Å². The molecule has 32 heavy (non-hydrogen) atoms. The predicted molar refractivity (Wildman–Crippen MR) is 120 cm³/mol. The predicted octanol–water partition coefficient (Wildman–Crippen LogP) is 3.13. The third-order valence-corrected chi connectivity index (χ3v) is 5.17. The first kappa shape index (κ1) is 23.3. The molecule has 2 aromatic rings. The number of anilines is 1. The molecule has 1 aliphatic rings. The Morgan fingerprint density at radius 3 is 2.47 bits per heavy atom. The van der Waals surface area contributed by atoms with Gasteiger partial charge in [0, 0.05) is 31.6 Å². The largest absolute Gasteiger partial charge is 0.494 e. The first-order chi connectivity index (χ1) is 15.4. The summed E-state index contributed by atoms with van der Waals surface area (Å²) in [7, 11) is 0. The van der Waals surface area contributed by atoms with Crippen molar-refractivity contribution in [3.8, 4) is 5.75 Å². The van der Waals surface area contributed by atoms with Crippen molar-refractivity contribution in [2.45, 2.75) is 51.7 Å². The lowest BCUT2D eigenvalue weighted by atomic mass is 10.0. The molecule has 8 nitrogen and oxygen atoms in total. The number of nitrogens with one attached hydrogen (secondary N) is 3. The molecule has 0 saturated heterocycles. The van der Waals surface area contributed by atoms with E-state index in [2.05, 4.69) is 16.0 Å². The van der Waals surface area contributed by atoms with Crippen LogP contribution in [0.4, 0.5) is 5.69 Å². The lowest BCUT2D eigenvalue weighted by molar-refractivity contribution is -0.138. The van der Waals surface area contributed by atoms with Gasteiger partial charge in [0.15, 0.2) is 0 Å². The van der Waals surface area contributed by atoms with Crippen LogP contribution in [0.1, 0.15) is 55.3 Å². The summed E-state index contributed by atoms with van der Waals surface area (Å²) >= 11 is 0. The molecule has 1 atom stereocenters. The van der Waals surface area contributed by atoms with Crippen LogP contribution in [0.3, 0.4) is 0 Å². The van der Waals surface area contributed by atoms with Gasteiger partial charge in [0.2, 0.25) is 11.8 Å². The minimum absolute atomic E-state index is 0.00472. The second kappa shape index (κ2) is 11.3. The van der Waals surface area contributed by atoms with Crippen LogP contribution in [0.15, 0.2) is 42.5 Å². The van der Waals surface area contributed by atoms with Gasteiger partial charge in [0.25, 0.3) is 0 Å². The van der Waals surface area contributed by atoms with Crippen molar-refractivity contribution in [1.29, 1.82) is 0 Å². The van der Waals surface area contributed by atoms with Crippen LogP contribution in [0, 0.1) is 0 Å². The summed E-state index contributed by atoms with van der Waals surface area (Å²) in [4.78, 5) is 35.9. The number of ether oxygens (including phenoxy) is 1. The minimum Gasteiger partial charge on any atom is -0.494 e. The smallest absolute Gasteiger partial charge is 0.305 e. The number of amides is 2. The molecule has 0 spiro atoms. The Labute approximate surface area is 187 Å². The molecule has 1 heterocycles. The normalized spacial score (nSPS) is 13.2. The molecule has 1 aliphatic heterocycles. The van der Waals surface area contributed by atoms with Gasteiger partial charge in [-0.2, -0.15) is 0 Å². The average molecular weight is 440 g/mol. The molecule has 0 saturated carbocycles. The van der Waals surface area contributed by atoms with E-state index in [-0.39, 0.29) is 31.1 Å². The highest BCUT2D eigenvalue weighted by atomic mass is 16.5. The lowest BCUT2D eigenvalue weighted by Crippen LogP contribution is -2.30. The molecule has 0 fully saturated rings. The van der Waals surface area contributed by atoms with Gasteiger partial charge >= 0.3 is 5.97 Å². The Balaban J connectivity index is 1.52. The van der Waals surface area contributed by atoms with Crippen molar-refractivity contribution in [1.82, 2.24) is 10.6 Å². The molecule has 0 bridgehead atoms. The van der Waals surface area contributed by atoms with Gasteiger partial charge in [-0.3, -0.25) is 14.4 Å². The van der Waals surface area contributed by atoms with Gasteiger partial charge in [-0.1, -0.05) is 25.1 Å².